The van der Waals surface area contributed by atoms with Gasteiger partial charge in [0.1, 0.15) is 0 Å². The predicted octanol–water partition coefficient (Wildman–Crippen LogP) is 3.40. The SMILES string of the molecule is CNCc1cc(Cl)ccc1N(C)Cc1cccc(C)n1. The minimum Gasteiger partial charge on any atom is -0.368 e. The van der Waals surface area contributed by atoms with Gasteiger partial charge in [0.2, 0.25) is 0 Å². The molecule has 0 saturated carbocycles. The van der Waals surface area contributed by atoms with E-state index >= 15 is 0 Å². The van der Waals surface area contributed by atoms with E-state index in [4.69, 9.17) is 11.6 Å². The van der Waals surface area contributed by atoms with Crippen LogP contribution in [0.4, 0.5) is 5.69 Å². The predicted molar refractivity (Wildman–Crippen MR) is 85.3 cm³/mol. The molecule has 0 atom stereocenters. The molecule has 0 spiro atoms. The first-order valence-electron chi connectivity index (χ1n) is 6.67. The molecule has 1 aromatic heterocycles. The van der Waals surface area contributed by atoms with Gasteiger partial charge in [-0.15, -0.1) is 0 Å². The zero-order valence-corrected chi connectivity index (χ0v) is 12.9. The first kappa shape index (κ1) is 14.8. The Bertz CT molecular complexity index is 584. The molecule has 1 N–H and O–H groups in total. The number of hydrogen-bond acceptors (Lipinski definition) is 3. The standard InChI is InChI=1S/C16H20ClN3/c1-12-5-4-6-15(19-12)11-20(3)16-8-7-14(17)9-13(16)10-18-2/h4-9,18H,10-11H2,1-3H3. The normalized spacial score (nSPS) is 10.6. The number of nitrogens with zero attached hydrogens (tertiary/aromatic N) is 2. The van der Waals surface area contributed by atoms with E-state index in [2.05, 4.69) is 34.4 Å². The third kappa shape index (κ3) is 3.71. The minimum absolute atomic E-state index is 0.765. The fourth-order valence-corrected chi connectivity index (χ4v) is 2.47. The van der Waals surface area contributed by atoms with Gasteiger partial charge in [0.25, 0.3) is 0 Å². The molecule has 106 valence electrons. The molecule has 0 saturated heterocycles. The second-order valence-corrected chi connectivity index (χ2v) is 5.37. The fraction of sp³-hybridized carbons (Fsp3) is 0.312. The molecule has 0 fully saturated rings. The van der Waals surface area contributed by atoms with Gasteiger partial charge in [-0.3, -0.25) is 4.98 Å². The minimum atomic E-state index is 0.765. The molecule has 0 aliphatic carbocycles. The van der Waals surface area contributed by atoms with Gasteiger partial charge in [-0.05, 0) is 49.9 Å². The highest BCUT2D eigenvalue weighted by Gasteiger charge is 2.09. The number of aromatic nitrogens is 1. The number of anilines is 1. The van der Waals surface area contributed by atoms with E-state index in [0.29, 0.717) is 0 Å². The van der Waals surface area contributed by atoms with Crippen molar-refractivity contribution >= 4 is 17.3 Å². The fourth-order valence-electron chi connectivity index (χ4n) is 2.27. The molecular formula is C16H20ClN3. The molecule has 0 bridgehead atoms. The summed E-state index contributed by atoms with van der Waals surface area (Å²) >= 11 is 6.08. The summed E-state index contributed by atoms with van der Waals surface area (Å²) in [6, 6.07) is 12.1. The average Bonchev–Trinajstić information content (AvgIpc) is 2.39. The Hall–Kier alpha value is -1.58. The Kier molecular flexibility index (Phi) is 4.99. The number of nitrogens with one attached hydrogen (secondary N) is 1. The summed E-state index contributed by atoms with van der Waals surface area (Å²) in [5, 5.41) is 3.94. The molecule has 2 aromatic rings. The first-order chi connectivity index (χ1) is 9.60. The van der Waals surface area contributed by atoms with E-state index in [1.54, 1.807) is 0 Å². The Morgan fingerprint density at radius 1 is 1.25 bits per heavy atom. The van der Waals surface area contributed by atoms with Gasteiger partial charge < -0.3 is 10.2 Å². The summed E-state index contributed by atoms with van der Waals surface area (Å²) in [4.78, 5) is 6.75. The maximum absolute atomic E-state index is 6.08. The molecule has 0 aliphatic heterocycles. The van der Waals surface area contributed by atoms with Crippen molar-refractivity contribution in [2.75, 3.05) is 19.0 Å². The van der Waals surface area contributed by atoms with Gasteiger partial charge >= 0.3 is 0 Å². The van der Waals surface area contributed by atoms with Crippen LogP contribution in [0.1, 0.15) is 17.0 Å². The van der Waals surface area contributed by atoms with E-state index in [0.717, 1.165) is 29.5 Å². The van der Waals surface area contributed by atoms with Gasteiger partial charge in [0, 0.05) is 30.0 Å². The largest absolute Gasteiger partial charge is 0.368 e. The maximum atomic E-state index is 6.08. The van der Waals surface area contributed by atoms with Crippen LogP contribution in [0.2, 0.25) is 5.02 Å². The van der Waals surface area contributed by atoms with Crippen molar-refractivity contribution in [3.63, 3.8) is 0 Å². The van der Waals surface area contributed by atoms with Gasteiger partial charge in [-0.25, -0.2) is 0 Å². The molecule has 2 rings (SSSR count). The van der Waals surface area contributed by atoms with Crippen molar-refractivity contribution in [3.05, 3.63) is 58.4 Å². The molecule has 1 heterocycles. The average molecular weight is 290 g/mol. The van der Waals surface area contributed by atoms with Gasteiger partial charge in [-0.2, -0.15) is 0 Å². The molecule has 0 amide bonds. The topological polar surface area (TPSA) is 28.2 Å². The summed E-state index contributed by atoms with van der Waals surface area (Å²) in [6.07, 6.45) is 0. The summed E-state index contributed by atoms with van der Waals surface area (Å²) < 4.78 is 0. The van der Waals surface area contributed by atoms with E-state index in [1.807, 2.05) is 38.2 Å². The number of halogens is 1. The Balaban J connectivity index is 2.22. The number of rotatable bonds is 5. The third-order valence-corrected chi connectivity index (χ3v) is 3.40. The lowest BCUT2D eigenvalue weighted by molar-refractivity contribution is 0.801. The summed E-state index contributed by atoms with van der Waals surface area (Å²) in [5.74, 6) is 0. The molecule has 1 aromatic carbocycles. The van der Waals surface area contributed by atoms with Crippen LogP contribution in [0.3, 0.4) is 0 Å². The van der Waals surface area contributed by atoms with Crippen LogP contribution in [0.25, 0.3) is 0 Å². The van der Waals surface area contributed by atoms with Crippen molar-refractivity contribution in [2.45, 2.75) is 20.0 Å². The Morgan fingerprint density at radius 3 is 2.75 bits per heavy atom. The lowest BCUT2D eigenvalue weighted by Crippen LogP contribution is -2.20. The monoisotopic (exact) mass is 289 g/mol. The van der Waals surface area contributed by atoms with Gasteiger partial charge in [-0.1, -0.05) is 17.7 Å². The van der Waals surface area contributed by atoms with Crippen LogP contribution in [-0.4, -0.2) is 19.1 Å². The quantitative estimate of drug-likeness (QED) is 0.914. The smallest absolute Gasteiger partial charge is 0.0600 e. The second kappa shape index (κ2) is 6.73. The molecule has 0 aliphatic rings. The van der Waals surface area contributed by atoms with Crippen molar-refractivity contribution < 1.29 is 0 Å². The van der Waals surface area contributed by atoms with E-state index in [-0.39, 0.29) is 0 Å². The zero-order valence-electron chi connectivity index (χ0n) is 12.2. The molecule has 20 heavy (non-hydrogen) atoms. The van der Waals surface area contributed by atoms with Crippen LogP contribution in [0.5, 0.6) is 0 Å². The second-order valence-electron chi connectivity index (χ2n) is 4.93. The Labute approximate surface area is 125 Å². The molecule has 0 unspecified atom stereocenters. The number of hydrogen-bond donors (Lipinski definition) is 1. The van der Waals surface area contributed by atoms with E-state index in [1.165, 1.54) is 11.3 Å². The lowest BCUT2D eigenvalue weighted by atomic mass is 10.1. The lowest BCUT2D eigenvalue weighted by Gasteiger charge is -2.22. The van der Waals surface area contributed by atoms with Crippen LogP contribution in [0.15, 0.2) is 36.4 Å². The third-order valence-electron chi connectivity index (χ3n) is 3.17. The van der Waals surface area contributed by atoms with Gasteiger partial charge in [0.05, 0.1) is 12.2 Å². The highest BCUT2D eigenvalue weighted by atomic mass is 35.5. The Morgan fingerprint density at radius 2 is 2.05 bits per heavy atom. The number of benzene rings is 1. The molecular weight excluding hydrogens is 270 g/mol. The van der Waals surface area contributed by atoms with Crippen molar-refractivity contribution in [1.82, 2.24) is 10.3 Å². The van der Waals surface area contributed by atoms with E-state index < -0.39 is 0 Å². The van der Waals surface area contributed by atoms with Crippen molar-refractivity contribution in [1.29, 1.82) is 0 Å². The highest BCUT2D eigenvalue weighted by molar-refractivity contribution is 6.30. The number of aryl methyl sites for hydroxylation is 1. The summed E-state index contributed by atoms with van der Waals surface area (Å²) in [7, 11) is 4.01. The van der Waals surface area contributed by atoms with Crippen LogP contribution < -0.4 is 10.2 Å². The molecule has 3 nitrogen and oxygen atoms in total. The van der Waals surface area contributed by atoms with Crippen LogP contribution >= 0.6 is 11.6 Å². The maximum Gasteiger partial charge on any atom is 0.0600 e. The summed E-state index contributed by atoms with van der Waals surface area (Å²) in [5.41, 5.74) is 4.47. The number of pyridine rings is 1. The van der Waals surface area contributed by atoms with Crippen molar-refractivity contribution in [3.8, 4) is 0 Å². The van der Waals surface area contributed by atoms with Crippen LogP contribution in [-0.2, 0) is 13.1 Å². The molecule has 4 heteroatoms. The highest BCUT2D eigenvalue weighted by Crippen LogP contribution is 2.24. The van der Waals surface area contributed by atoms with Gasteiger partial charge in [0.15, 0.2) is 0 Å². The zero-order chi connectivity index (χ0) is 14.5. The molecule has 0 radical (unpaired) electrons. The van der Waals surface area contributed by atoms with Crippen molar-refractivity contribution in [2.24, 2.45) is 0 Å². The van der Waals surface area contributed by atoms with E-state index in [9.17, 15) is 0 Å². The summed E-state index contributed by atoms with van der Waals surface area (Å²) in [6.45, 7) is 3.58. The van der Waals surface area contributed by atoms with Crippen LogP contribution in [0, 0.1) is 6.92 Å². The first-order valence-corrected chi connectivity index (χ1v) is 7.04.